The van der Waals surface area contributed by atoms with Crippen LogP contribution in [0.3, 0.4) is 0 Å². The summed E-state index contributed by atoms with van der Waals surface area (Å²) >= 11 is 1.13. The van der Waals surface area contributed by atoms with Crippen molar-refractivity contribution >= 4 is 38.3 Å². The van der Waals surface area contributed by atoms with Gasteiger partial charge in [0, 0.05) is 13.1 Å². The Morgan fingerprint density at radius 1 is 1.36 bits per heavy atom. The van der Waals surface area contributed by atoms with Gasteiger partial charge in [0.1, 0.15) is 11.6 Å². The molecule has 1 atom stereocenters. The van der Waals surface area contributed by atoms with E-state index < -0.39 is 27.9 Å². The number of hydrogen-bond acceptors (Lipinski definition) is 7. The highest BCUT2D eigenvalue weighted by atomic mass is 32.2. The fourth-order valence-corrected chi connectivity index (χ4v) is 4.55. The van der Waals surface area contributed by atoms with Gasteiger partial charge in [0.2, 0.25) is 27.0 Å². The minimum atomic E-state index is -3.88. The molecular formula is C14H15N5O4S2. The molecule has 0 spiro atoms. The van der Waals surface area contributed by atoms with Crippen molar-refractivity contribution in [2.24, 2.45) is 0 Å². The Bertz CT molecular complexity index is 855. The average Bonchev–Trinajstić information content (AvgIpc) is 3.10. The second kappa shape index (κ2) is 7.25. The van der Waals surface area contributed by atoms with E-state index in [1.54, 1.807) is 18.2 Å². The van der Waals surface area contributed by atoms with Crippen LogP contribution < -0.4 is 10.6 Å². The second-order valence-corrected chi connectivity index (χ2v) is 7.96. The van der Waals surface area contributed by atoms with E-state index in [4.69, 9.17) is 0 Å². The van der Waals surface area contributed by atoms with Crippen LogP contribution in [-0.4, -0.2) is 53.9 Å². The van der Waals surface area contributed by atoms with Crippen LogP contribution in [0.4, 0.5) is 5.13 Å². The summed E-state index contributed by atoms with van der Waals surface area (Å²) in [5, 5.41) is 12.7. The number of piperazine rings is 1. The van der Waals surface area contributed by atoms with Crippen LogP contribution in [0.5, 0.6) is 0 Å². The fraction of sp³-hybridized carbons (Fsp3) is 0.286. The van der Waals surface area contributed by atoms with E-state index in [-0.39, 0.29) is 24.4 Å². The van der Waals surface area contributed by atoms with Crippen LogP contribution in [0.25, 0.3) is 0 Å². The Morgan fingerprint density at radius 2 is 2.12 bits per heavy atom. The van der Waals surface area contributed by atoms with Crippen molar-refractivity contribution in [1.82, 2.24) is 19.8 Å². The van der Waals surface area contributed by atoms with Gasteiger partial charge in [-0.15, -0.1) is 10.2 Å². The molecule has 11 heteroatoms. The predicted octanol–water partition coefficient (Wildman–Crippen LogP) is 0.0560. The third kappa shape index (κ3) is 3.83. The minimum absolute atomic E-state index is 0.0826. The van der Waals surface area contributed by atoms with Gasteiger partial charge >= 0.3 is 0 Å². The van der Waals surface area contributed by atoms with Gasteiger partial charge in [-0.05, 0) is 12.1 Å². The third-order valence-corrected chi connectivity index (χ3v) is 6.15. The molecule has 2 amide bonds. The van der Waals surface area contributed by atoms with Crippen LogP contribution in [0.2, 0.25) is 0 Å². The van der Waals surface area contributed by atoms with E-state index in [9.17, 15) is 18.0 Å². The van der Waals surface area contributed by atoms with E-state index in [0.29, 0.717) is 5.13 Å². The molecule has 3 rings (SSSR count). The van der Waals surface area contributed by atoms with Crippen molar-refractivity contribution in [3.63, 3.8) is 0 Å². The number of amides is 2. The van der Waals surface area contributed by atoms with E-state index in [2.05, 4.69) is 20.8 Å². The maximum Gasteiger partial charge on any atom is 0.243 e. The van der Waals surface area contributed by atoms with Crippen LogP contribution in [0.15, 0.2) is 40.7 Å². The molecular weight excluding hydrogens is 366 g/mol. The topological polar surface area (TPSA) is 121 Å². The highest BCUT2D eigenvalue weighted by Crippen LogP contribution is 2.22. The summed E-state index contributed by atoms with van der Waals surface area (Å²) < 4.78 is 26.7. The maximum absolute atomic E-state index is 12.8. The monoisotopic (exact) mass is 381 g/mol. The number of benzene rings is 1. The van der Waals surface area contributed by atoms with Gasteiger partial charge in [-0.3, -0.25) is 9.59 Å². The summed E-state index contributed by atoms with van der Waals surface area (Å²) in [4.78, 5) is 24.4. The molecule has 1 aromatic carbocycles. The zero-order valence-corrected chi connectivity index (χ0v) is 14.6. The molecule has 0 aliphatic carbocycles. The molecule has 25 heavy (non-hydrogen) atoms. The van der Waals surface area contributed by atoms with Gasteiger partial charge in [-0.1, -0.05) is 29.5 Å². The van der Waals surface area contributed by atoms with Gasteiger partial charge in [-0.2, -0.15) is 4.31 Å². The average molecular weight is 381 g/mol. The number of carbonyl (C=O) groups is 2. The van der Waals surface area contributed by atoms with E-state index in [1.165, 1.54) is 17.6 Å². The Kier molecular flexibility index (Phi) is 5.06. The number of aromatic nitrogens is 2. The first-order valence-corrected chi connectivity index (χ1v) is 9.71. The van der Waals surface area contributed by atoms with Crippen LogP contribution in [-0.2, 0) is 19.6 Å². The van der Waals surface area contributed by atoms with Crippen LogP contribution >= 0.6 is 11.3 Å². The Morgan fingerprint density at radius 3 is 2.80 bits per heavy atom. The van der Waals surface area contributed by atoms with E-state index >= 15 is 0 Å². The number of hydrogen-bond donors (Lipinski definition) is 2. The molecule has 1 aliphatic rings. The summed E-state index contributed by atoms with van der Waals surface area (Å²) in [5.74, 6) is -1.01. The number of rotatable bonds is 5. The highest BCUT2D eigenvalue weighted by Gasteiger charge is 2.39. The fourth-order valence-electron chi connectivity index (χ4n) is 2.48. The zero-order chi connectivity index (χ0) is 17.9. The molecule has 0 radical (unpaired) electrons. The number of nitrogens with zero attached hydrogens (tertiary/aromatic N) is 3. The first kappa shape index (κ1) is 17.5. The smallest absolute Gasteiger partial charge is 0.243 e. The van der Waals surface area contributed by atoms with Crippen LogP contribution in [0.1, 0.15) is 6.42 Å². The highest BCUT2D eigenvalue weighted by molar-refractivity contribution is 7.89. The molecule has 0 bridgehead atoms. The number of nitrogens with one attached hydrogen (secondary N) is 2. The molecule has 2 aromatic rings. The summed E-state index contributed by atoms with van der Waals surface area (Å²) in [6.07, 6.45) is -0.308. The lowest BCUT2D eigenvalue weighted by Crippen LogP contribution is -2.57. The molecule has 9 nitrogen and oxygen atoms in total. The van der Waals surface area contributed by atoms with Gasteiger partial charge in [0.05, 0.1) is 11.3 Å². The summed E-state index contributed by atoms with van der Waals surface area (Å²) in [5.41, 5.74) is 1.45. The van der Waals surface area contributed by atoms with Crippen molar-refractivity contribution in [3.05, 3.63) is 35.8 Å². The van der Waals surface area contributed by atoms with Crippen molar-refractivity contribution in [3.8, 4) is 0 Å². The normalized spacial score (nSPS) is 18.6. The third-order valence-electron chi connectivity index (χ3n) is 3.62. The predicted molar refractivity (Wildman–Crippen MR) is 90.3 cm³/mol. The van der Waals surface area contributed by atoms with Gasteiger partial charge < -0.3 is 10.6 Å². The largest absolute Gasteiger partial charge is 0.353 e. The summed E-state index contributed by atoms with van der Waals surface area (Å²) in [6.45, 7) is 0.291. The zero-order valence-electron chi connectivity index (χ0n) is 13.0. The Labute approximate surface area is 148 Å². The standard InChI is InChI=1S/C14H15N5O4S2/c20-12(17-14-18-16-9-24-14)8-11-13(21)15-6-7-19(11)25(22,23)10-4-2-1-3-5-10/h1-5,9,11H,6-8H2,(H,15,21)(H,17,18,20)/t11-/m1/s1. The van der Waals surface area contributed by atoms with E-state index in [1.807, 2.05) is 0 Å². The van der Waals surface area contributed by atoms with Crippen molar-refractivity contribution in [1.29, 1.82) is 0 Å². The van der Waals surface area contributed by atoms with Gasteiger partial charge in [0.25, 0.3) is 0 Å². The minimum Gasteiger partial charge on any atom is -0.353 e. The lowest BCUT2D eigenvalue weighted by Gasteiger charge is -2.33. The van der Waals surface area contributed by atoms with Crippen molar-refractivity contribution in [2.75, 3.05) is 18.4 Å². The Balaban J connectivity index is 1.81. The number of anilines is 1. The van der Waals surface area contributed by atoms with Gasteiger partial charge in [0.15, 0.2) is 0 Å². The van der Waals surface area contributed by atoms with Crippen LogP contribution in [0, 0.1) is 0 Å². The SMILES string of the molecule is O=C(C[C@@H]1C(=O)NCCN1S(=O)(=O)c1ccccc1)Nc1nncs1. The maximum atomic E-state index is 12.8. The molecule has 0 saturated carbocycles. The molecule has 1 saturated heterocycles. The lowest BCUT2D eigenvalue weighted by atomic mass is 10.1. The molecule has 2 N–H and O–H groups in total. The number of sulfonamides is 1. The lowest BCUT2D eigenvalue weighted by molar-refractivity contribution is -0.130. The van der Waals surface area contributed by atoms with Crippen molar-refractivity contribution < 1.29 is 18.0 Å². The summed E-state index contributed by atoms with van der Waals surface area (Å²) in [6, 6.07) is 6.71. The molecule has 132 valence electrons. The Hall–Kier alpha value is -2.37. The van der Waals surface area contributed by atoms with Gasteiger partial charge in [-0.25, -0.2) is 8.42 Å². The first-order chi connectivity index (χ1) is 12.0. The molecule has 1 aromatic heterocycles. The molecule has 2 heterocycles. The first-order valence-electron chi connectivity index (χ1n) is 7.39. The second-order valence-electron chi connectivity index (χ2n) is 5.23. The number of carbonyl (C=O) groups excluding carboxylic acids is 2. The summed E-state index contributed by atoms with van der Waals surface area (Å²) in [7, 11) is -3.88. The molecule has 1 fully saturated rings. The quantitative estimate of drug-likeness (QED) is 0.755. The van der Waals surface area contributed by atoms with E-state index in [0.717, 1.165) is 15.6 Å². The van der Waals surface area contributed by atoms with Crippen molar-refractivity contribution in [2.45, 2.75) is 17.4 Å². The molecule has 1 aliphatic heterocycles. The molecule has 0 unspecified atom stereocenters.